The molecule has 0 saturated heterocycles. The van der Waals surface area contributed by atoms with E-state index in [9.17, 15) is 26.3 Å². The number of thiol groups is 1. The van der Waals surface area contributed by atoms with Gasteiger partial charge in [-0.2, -0.15) is 37.2 Å². The molecule has 28 heavy (non-hydrogen) atoms. The van der Waals surface area contributed by atoms with E-state index < -0.39 is 34.4 Å². The minimum atomic E-state index is -4.45. The third-order valence-electron chi connectivity index (χ3n) is 3.99. The molecule has 0 aliphatic heterocycles. The SMILES string of the molecule is FC(F)(F)c1ccc([SH](c2ccc(I)cc2)c2ccc(C(F)(F)F)cc2)cc1. The summed E-state index contributed by atoms with van der Waals surface area (Å²) in [5, 5.41) is 0. The second-order valence-corrected chi connectivity index (χ2v) is 9.37. The molecule has 0 saturated carbocycles. The molecule has 3 rings (SSSR count). The van der Waals surface area contributed by atoms with Gasteiger partial charge in [0.05, 0.1) is 11.1 Å². The maximum absolute atomic E-state index is 12.9. The lowest BCUT2D eigenvalue weighted by Crippen LogP contribution is -2.05. The van der Waals surface area contributed by atoms with Gasteiger partial charge >= 0.3 is 12.4 Å². The van der Waals surface area contributed by atoms with Crippen LogP contribution in [0.1, 0.15) is 11.1 Å². The molecular formula is C20H13F6IS. The Hall–Kier alpha value is -1.68. The molecule has 3 aromatic rings. The normalized spacial score (nSPS) is 12.8. The predicted molar refractivity (Wildman–Crippen MR) is 106 cm³/mol. The van der Waals surface area contributed by atoms with Gasteiger partial charge in [-0.3, -0.25) is 0 Å². The summed E-state index contributed by atoms with van der Waals surface area (Å²) in [6.07, 6.45) is -8.89. The van der Waals surface area contributed by atoms with Crippen molar-refractivity contribution in [2.45, 2.75) is 27.0 Å². The van der Waals surface area contributed by atoms with Crippen molar-refractivity contribution in [1.82, 2.24) is 0 Å². The largest absolute Gasteiger partial charge is 0.416 e. The highest BCUT2D eigenvalue weighted by molar-refractivity contribution is 14.1. The molecule has 3 aromatic carbocycles. The summed E-state index contributed by atoms with van der Waals surface area (Å²) >= 11 is 2.13. The fraction of sp³-hybridized carbons (Fsp3) is 0.100. The summed E-state index contributed by atoms with van der Waals surface area (Å²) in [5.74, 6) is 0. The van der Waals surface area contributed by atoms with Crippen LogP contribution in [0.15, 0.2) is 87.5 Å². The van der Waals surface area contributed by atoms with Crippen LogP contribution in [0.2, 0.25) is 0 Å². The van der Waals surface area contributed by atoms with Crippen molar-refractivity contribution in [3.63, 3.8) is 0 Å². The minimum absolute atomic E-state index is 0.629. The van der Waals surface area contributed by atoms with Crippen LogP contribution in [0.3, 0.4) is 0 Å². The van der Waals surface area contributed by atoms with Gasteiger partial charge in [-0.1, -0.05) is 0 Å². The molecule has 0 aliphatic rings. The van der Waals surface area contributed by atoms with E-state index in [4.69, 9.17) is 0 Å². The summed E-state index contributed by atoms with van der Waals surface area (Å²) in [5.41, 5.74) is -1.53. The van der Waals surface area contributed by atoms with Crippen molar-refractivity contribution < 1.29 is 26.3 Å². The van der Waals surface area contributed by atoms with Crippen molar-refractivity contribution in [2.75, 3.05) is 0 Å². The molecule has 8 heteroatoms. The third-order valence-corrected chi connectivity index (χ3v) is 7.15. The summed E-state index contributed by atoms with van der Waals surface area (Å²) in [7, 11) is -1.29. The third kappa shape index (κ3) is 4.83. The Morgan fingerprint density at radius 1 is 0.500 bits per heavy atom. The summed E-state index contributed by atoms with van der Waals surface area (Å²) in [4.78, 5) is 2.10. The Bertz CT molecular complexity index is 871. The van der Waals surface area contributed by atoms with Gasteiger partial charge in [0.25, 0.3) is 0 Å². The zero-order valence-corrected chi connectivity index (χ0v) is 17.1. The second-order valence-electron chi connectivity index (χ2n) is 5.90. The van der Waals surface area contributed by atoms with Crippen molar-refractivity contribution in [3.05, 3.63) is 87.5 Å². The molecular weight excluding hydrogens is 513 g/mol. The van der Waals surface area contributed by atoms with Crippen molar-refractivity contribution in [2.24, 2.45) is 0 Å². The van der Waals surface area contributed by atoms with Crippen LogP contribution < -0.4 is 0 Å². The quantitative estimate of drug-likeness (QED) is 0.201. The molecule has 0 amide bonds. The first-order chi connectivity index (χ1) is 13.1. The predicted octanol–water partition coefficient (Wildman–Crippen LogP) is 7.81. The topological polar surface area (TPSA) is 0 Å². The Labute approximate surface area is 174 Å². The molecule has 0 atom stereocenters. The zero-order valence-electron chi connectivity index (χ0n) is 14.0. The molecule has 0 heterocycles. The van der Waals surface area contributed by atoms with Crippen molar-refractivity contribution >= 4 is 33.5 Å². The van der Waals surface area contributed by atoms with Gasteiger partial charge in [0, 0.05) is 3.57 Å². The first-order valence-electron chi connectivity index (χ1n) is 7.96. The summed E-state index contributed by atoms with van der Waals surface area (Å²) < 4.78 is 78.2. The lowest BCUT2D eigenvalue weighted by atomic mass is 10.2. The summed E-state index contributed by atoms with van der Waals surface area (Å²) in [6, 6.07) is 17.0. The van der Waals surface area contributed by atoms with Gasteiger partial charge in [0.15, 0.2) is 0 Å². The Morgan fingerprint density at radius 3 is 1.07 bits per heavy atom. The van der Waals surface area contributed by atoms with Gasteiger partial charge in [0.1, 0.15) is 0 Å². The molecule has 0 aromatic heterocycles. The minimum Gasteiger partial charge on any atom is -0.173 e. The van der Waals surface area contributed by atoms with Crippen LogP contribution in [-0.2, 0) is 12.4 Å². The molecule has 0 nitrogen and oxygen atoms in total. The molecule has 0 unspecified atom stereocenters. The number of alkyl halides is 6. The highest BCUT2D eigenvalue weighted by Crippen LogP contribution is 2.52. The molecule has 0 bridgehead atoms. The first kappa shape index (κ1) is 21.0. The van der Waals surface area contributed by atoms with Crippen LogP contribution >= 0.6 is 33.5 Å². The molecule has 0 aliphatic carbocycles. The highest BCUT2D eigenvalue weighted by atomic mass is 127. The van der Waals surface area contributed by atoms with Gasteiger partial charge in [-0.25, -0.2) is 0 Å². The lowest BCUT2D eigenvalue weighted by molar-refractivity contribution is -0.138. The van der Waals surface area contributed by atoms with Crippen LogP contribution in [0, 0.1) is 3.57 Å². The van der Waals surface area contributed by atoms with Crippen LogP contribution in [-0.4, -0.2) is 0 Å². The van der Waals surface area contributed by atoms with Crippen LogP contribution in [0.25, 0.3) is 0 Å². The second kappa shape index (κ2) is 7.98. The van der Waals surface area contributed by atoms with Crippen molar-refractivity contribution in [1.29, 1.82) is 0 Å². The fourth-order valence-electron chi connectivity index (χ4n) is 2.64. The van der Waals surface area contributed by atoms with Gasteiger partial charge in [-0.05, 0) is 110 Å². The van der Waals surface area contributed by atoms with Gasteiger partial charge in [0.2, 0.25) is 0 Å². The lowest BCUT2D eigenvalue weighted by Gasteiger charge is -2.24. The average Bonchev–Trinajstić information content (AvgIpc) is 2.63. The molecule has 0 N–H and O–H groups in total. The highest BCUT2D eigenvalue weighted by Gasteiger charge is 2.31. The number of hydrogen-bond acceptors (Lipinski definition) is 0. The first-order valence-corrected chi connectivity index (χ1v) is 10.4. The Balaban J connectivity index is 2.06. The zero-order chi connectivity index (χ0) is 20.5. The number of halogens is 7. The smallest absolute Gasteiger partial charge is 0.173 e. The monoisotopic (exact) mass is 526 g/mol. The van der Waals surface area contributed by atoms with Gasteiger partial charge in [-0.15, -0.1) is 0 Å². The molecule has 0 spiro atoms. The number of hydrogen-bond donors (Lipinski definition) is 1. The maximum Gasteiger partial charge on any atom is 0.416 e. The molecule has 0 fully saturated rings. The average molecular weight is 526 g/mol. The maximum atomic E-state index is 12.9. The van der Waals surface area contributed by atoms with Crippen LogP contribution in [0.5, 0.6) is 0 Å². The summed E-state index contributed by atoms with van der Waals surface area (Å²) in [6.45, 7) is 0. The number of rotatable bonds is 3. The van der Waals surface area contributed by atoms with E-state index >= 15 is 0 Å². The Kier molecular flexibility index (Phi) is 6.00. The van der Waals surface area contributed by atoms with E-state index in [1.807, 2.05) is 24.3 Å². The number of benzene rings is 3. The van der Waals surface area contributed by atoms with E-state index in [1.165, 1.54) is 24.3 Å². The molecule has 148 valence electrons. The van der Waals surface area contributed by atoms with Gasteiger partial charge < -0.3 is 0 Å². The van der Waals surface area contributed by atoms with Crippen molar-refractivity contribution in [3.8, 4) is 0 Å². The van der Waals surface area contributed by atoms with E-state index in [0.717, 1.165) is 32.7 Å². The van der Waals surface area contributed by atoms with E-state index in [0.29, 0.717) is 9.79 Å². The van der Waals surface area contributed by atoms with E-state index in [2.05, 4.69) is 22.6 Å². The van der Waals surface area contributed by atoms with E-state index in [-0.39, 0.29) is 0 Å². The van der Waals surface area contributed by atoms with E-state index in [1.54, 1.807) is 0 Å². The molecule has 0 radical (unpaired) electrons. The fourth-order valence-corrected chi connectivity index (χ4v) is 5.23. The van der Waals surface area contributed by atoms with Crippen LogP contribution in [0.4, 0.5) is 26.3 Å². The Morgan fingerprint density at radius 2 is 0.786 bits per heavy atom. The standard InChI is InChI=1S/C20H13F6IS/c21-19(22,23)13-1-7-16(8-2-13)28(18-11-5-15(27)6-12-18)17-9-3-14(4-10-17)20(24,25)26/h1-12,28H.